The van der Waals surface area contributed by atoms with E-state index in [1.165, 1.54) is 0 Å². The molecular weight excluding hydrogens is 360 g/mol. The Bertz CT molecular complexity index is 638. The highest BCUT2D eigenvalue weighted by molar-refractivity contribution is 5.80. The van der Waals surface area contributed by atoms with Gasteiger partial charge in [-0.1, -0.05) is 0 Å². The highest BCUT2D eigenvalue weighted by Gasteiger charge is 2.27. The maximum Gasteiger partial charge on any atom is 0.308 e. The van der Waals surface area contributed by atoms with E-state index >= 15 is 0 Å². The first-order valence-corrected chi connectivity index (χ1v) is 10.1. The lowest BCUT2D eigenvalue weighted by molar-refractivity contribution is -0.149. The summed E-state index contributed by atoms with van der Waals surface area (Å²) in [5, 5.41) is 15.1. The quantitative estimate of drug-likeness (QED) is 0.282. The molecule has 0 spiro atoms. The molecule has 1 aliphatic rings. The number of guanidine groups is 1. The van der Waals surface area contributed by atoms with Crippen LogP contribution in [-0.4, -0.2) is 59.6 Å². The summed E-state index contributed by atoms with van der Waals surface area (Å²) >= 11 is 0. The molecule has 2 rings (SSSR count). The fourth-order valence-electron chi connectivity index (χ4n) is 3.24. The van der Waals surface area contributed by atoms with Gasteiger partial charge in [-0.25, -0.2) is 4.99 Å². The van der Waals surface area contributed by atoms with Gasteiger partial charge >= 0.3 is 5.97 Å². The van der Waals surface area contributed by atoms with Gasteiger partial charge in [0, 0.05) is 33.4 Å². The Morgan fingerprint density at radius 2 is 2.04 bits per heavy atom. The minimum absolute atomic E-state index is 0.0228. The fourth-order valence-corrected chi connectivity index (χ4v) is 3.24. The summed E-state index contributed by atoms with van der Waals surface area (Å²) in [6.07, 6.45) is 4.43. The van der Waals surface area contributed by atoms with Crippen LogP contribution in [0.5, 0.6) is 0 Å². The van der Waals surface area contributed by atoms with Crippen molar-refractivity contribution in [2.75, 3.05) is 26.9 Å². The van der Waals surface area contributed by atoms with Crippen LogP contribution in [0.25, 0.3) is 0 Å². The first kappa shape index (κ1) is 22.1. The summed E-state index contributed by atoms with van der Waals surface area (Å²) < 4.78 is 12.2. The summed E-state index contributed by atoms with van der Waals surface area (Å²) in [5.41, 5.74) is 0. The molecule has 0 aliphatic heterocycles. The van der Waals surface area contributed by atoms with Crippen molar-refractivity contribution in [3.63, 3.8) is 0 Å². The predicted octanol–water partition coefficient (Wildman–Crippen LogP) is 1.32. The van der Waals surface area contributed by atoms with Crippen LogP contribution in [0.2, 0.25) is 0 Å². The molecule has 0 saturated heterocycles. The molecule has 1 aliphatic carbocycles. The zero-order valence-electron chi connectivity index (χ0n) is 17.5. The normalized spacial score (nSPS) is 20.1. The Hall–Kier alpha value is -2.16. The standard InChI is InChI=1S/C19H34N6O3/c1-5-28-18(26)15-7-9-16(10-8-15)22-19(20-11-6-12-27-4)21-13-17-24-23-14(2)25(17)3/h15-16H,5-13H2,1-4H3,(H2,20,21,22). The number of hydrogen-bond acceptors (Lipinski definition) is 6. The lowest BCUT2D eigenvalue weighted by atomic mass is 9.86. The maximum absolute atomic E-state index is 11.9. The first-order valence-electron chi connectivity index (χ1n) is 10.1. The Morgan fingerprint density at radius 1 is 1.29 bits per heavy atom. The van der Waals surface area contributed by atoms with Crippen molar-refractivity contribution in [2.45, 2.75) is 58.5 Å². The van der Waals surface area contributed by atoms with Crippen molar-refractivity contribution in [2.24, 2.45) is 18.0 Å². The Kier molecular flexibility index (Phi) is 9.19. The van der Waals surface area contributed by atoms with Gasteiger partial charge in [0.25, 0.3) is 0 Å². The molecule has 1 saturated carbocycles. The number of carbonyl (C=O) groups is 1. The number of nitrogens with one attached hydrogen (secondary N) is 2. The topological polar surface area (TPSA) is 103 Å². The molecule has 0 unspecified atom stereocenters. The average molecular weight is 395 g/mol. The van der Waals surface area contributed by atoms with E-state index in [1.54, 1.807) is 7.11 Å². The van der Waals surface area contributed by atoms with Crippen molar-refractivity contribution in [3.05, 3.63) is 11.6 Å². The smallest absolute Gasteiger partial charge is 0.308 e. The molecule has 1 heterocycles. The molecule has 0 aromatic carbocycles. The number of rotatable bonds is 9. The van der Waals surface area contributed by atoms with Crippen LogP contribution in [0, 0.1) is 12.8 Å². The van der Waals surface area contributed by atoms with Gasteiger partial charge in [0.15, 0.2) is 11.8 Å². The number of methoxy groups -OCH3 is 1. The van der Waals surface area contributed by atoms with E-state index in [0.717, 1.165) is 56.3 Å². The number of esters is 1. The Morgan fingerprint density at radius 3 is 2.64 bits per heavy atom. The summed E-state index contributed by atoms with van der Waals surface area (Å²) in [4.78, 5) is 16.6. The predicted molar refractivity (Wildman–Crippen MR) is 107 cm³/mol. The van der Waals surface area contributed by atoms with Crippen LogP contribution in [-0.2, 0) is 27.9 Å². The number of aliphatic imine (C=N–C) groups is 1. The summed E-state index contributed by atoms with van der Waals surface area (Å²) in [7, 11) is 3.64. The molecule has 158 valence electrons. The number of ether oxygens (including phenoxy) is 2. The average Bonchev–Trinajstić information content (AvgIpc) is 3.02. The van der Waals surface area contributed by atoms with E-state index < -0.39 is 0 Å². The molecule has 1 aromatic heterocycles. The van der Waals surface area contributed by atoms with Crippen LogP contribution in [0.3, 0.4) is 0 Å². The zero-order valence-corrected chi connectivity index (χ0v) is 17.5. The van der Waals surface area contributed by atoms with E-state index in [2.05, 4.69) is 25.8 Å². The number of nitrogens with zero attached hydrogens (tertiary/aromatic N) is 4. The molecule has 1 fully saturated rings. The molecule has 2 N–H and O–H groups in total. The third-order valence-electron chi connectivity index (χ3n) is 5.07. The number of aromatic nitrogens is 3. The zero-order chi connectivity index (χ0) is 20.4. The molecule has 0 amide bonds. The number of carbonyl (C=O) groups excluding carboxylic acids is 1. The molecule has 0 bridgehead atoms. The van der Waals surface area contributed by atoms with Gasteiger partial charge < -0.3 is 24.7 Å². The first-order chi connectivity index (χ1) is 13.5. The highest BCUT2D eigenvalue weighted by Crippen LogP contribution is 2.25. The maximum atomic E-state index is 11.9. The molecular formula is C19H34N6O3. The van der Waals surface area contributed by atoms with Gasteiger partial charge in [-0.05, 0) is 46.0 Å². The largest absolute Gasteiger partial charge is 0.466 e. The Balaban J connectivity index is 1.91. The second kappa shape index (κ2) is 11.6. The third kappa shape index (κ3) is 6.78. The van der Waals surface area contributed by atoms with Crippen molar-refractivity contribution in [3.8, 4) is 0 Å². The van der Waals surface area contributed by atoms with Crippen molar-refractivity contribution >= 4 is 11.9 Å². The van der Waals surface area contributed by atoms with Gasteiger partial charge in [0.1, 0.15) is 12.4 Å². The van der Waals surface area contributed by atoms with E-state index in [-0.39, 0.29) is 11.9 Å². The Labute approximate surface area is 167 Å². The third-order valence-corrected chi connectivity index (χ3v) is 5.07. The molecule has 0 atom stereocenters. The van der Waals surface area contributed by atoms with Crippen LogP contribution < -0.4 is 10.6 Å². The van der Waals surface area contributed by atoms with E-state index in [0.29, 0.717) is 25.8 Å². The molecule has 9 heteroatoms. The van der Waals surface area contributed by atoms with E-state index in [9.17, 15) is 4.79 Å². The van der Waals surface area contributed by atoms with Crippen LogP contribution in [0.15, 0.2) is 4.99 Å². The SMILES string of the molecule is CCOC(=O)C1CCC(NC(=NCc2nnc(C)n2C)NCCCOC)CC1. The number of hydrogen-bond donors (Lipinski definition) is 2. The van der Waals surface area contributed by atoms with E-state index in [1.807, 2.05) is 25.5 Å². The van der Waals surface area contributed by atoms with Crippen LogP contribution >= 0.6 is 0 Å². The second-order valence-corrected chi connectivity index (χ2v) is 7.11. The summed E-state index contributed by atoms with van der Waals surface area (Å²) in [6.45, 7) is 6.14. The summed E-state index contributed by atoms with van der Waals surface area (Å²) in [6, 6.07) is 0.292. The lowest BCUT2D eigenvalue weighted by Crippen LogP contribution is -2.45. The van der Waals surface area contributed by atoms with Crippen molar-refractivity contribution < 1.29 is 14.3 Å². The van der Waals surface area contributed by atoms with Crippen LogP contribution in [0.1, 0.15) is 50.7 Å². The molecule has 28 heavy (non-hydrogen) atoms. The monoisotopic (exact) mass is 394 g/mol. The summed E-state index contributed by atoms with van der Waals surface area (Å²) in [5.74, 6) is 2.41. The lowest BCUT2D eigenvalue weighted by Gasteiger charge is -2.29. The number of aryl methyl sites for hydroxylation is 1. The minimum Gasteiger partial charge on any atom is -0.466 e. The van der Waals surface area contributed by atoms with Gasteiger partial charge in [-0.3, -0.25) is 4.79 Å². The van der Waals surface area contributed by atoms with Crippen LogP contribution in [0.4, 0.5) is 0 Å². The fraction of sp³-hybridized carbons (Fsp3) is 0.789. The second-order valence-electron chi connectivity index (χ2n) is 7.11. The van der Waals surface area contributed by atoms with Gasteiger partial charge in [-0.2, -0.15) is 0 Å². The van der Waals surface area contributed by atoms with Gasteiger partial charge in [0.05, 0.1) is 12.5 Å². The minimum atomic E-state index is -0.0646. The molecule has 9 nitrogen and oxygen atoms in total. The molecule has 0 radical (unpaired) electrons. The van der Waals surface area contributed by atoms with E-state index in [4.69, 9.17) is 9.47 Å². The highest BCUT2D eigenvalue weighted by atomic mass is 16.5. The van der Waals surface area contributed by atoms with Gasteiger partial charge in [0.2, 0.25) is 0 Å². The van der Waals surface area contributed by atoms with Crippen molar-refractivity contribution in [1.82, 2.24) is 25.4 Å². The van der Waals surface area contributed by atoms with Crippen molar-refractivity contribution in [1.29, 1.82) is 0 Å². The molecule has 1 aromatic rings. The van der Waals surface area contributed by atoms with Gasteiger partial charge in [-0.15, -0.1) is 10.2 Å².